The van der Waals surface area contributed by atoms with Crippen molar-refractivity contribution < 1.29 is 0 Å². The Morgan fingerprint density at radius 2 is 2.38 bits per heavy atom. The Balaban J connectivity index is 3.29. The van der Waals surface area contributed by atoms with Gasteiger partial charge in [-0.2, -0.15) is 0 Å². The van der Waals surface area contributed by atoms with E-state index in [1.807, 2.05) is 14.0 Å². The molecule has 2 nitrogen and oxygen atoms in total. The van der Waals surface area contributed by atoms with E-state index >= 15 is 0 Å². The molecule has 0 aromatic heterocycles. The molecule has 0 amide bonds. The lowest BCUT2D eigenvalue weighted by molar-refractivity contribution is 0.874. The highest BCUT2D eigenvalue weighted by Crippen LogP contribution is 1.85. The molecular formula is C5H11ClN2. The molecule has 0 aromatic rings. The van der Waals surface area contributed by atoms with Crippen LogP contribution in [0.25, 0.3) is 0 Å². The van der Waals surface area contributed by atoms with Gasteiger partial charge in [0.25, 0.3) is 0 Å². The SMILES string of the molecule is CNC/C(C)=C\NCl. The van der Waals surface area contributed by atoms with Gasteiger partial charge in [-0.05, 0) is 19.5 Å². The zero-order chi connectivity index (χ0) is 6.41. The minimum Gasteiger partial charge on any atom is -0.316 e. The predicted molar refractivity (Wildman–Crippen MR) is 36.7 cm³/mol. The maximum atomic E-state index is 5.18. The number of nitrogens with one attached hydrogen (secondary N) is 2. The summed E-state index contributed by atoms with van der Waals surface area (Å²) in [6, 6.07) is 0. The second kappa shape index (κ2) is 4.94. The van der Waals surface area contributed by atoms with Crippen molar-refractivity contribution in [3.05, 3.63) is 11.8 Å². The van der Waals surface area contributed by atoms with E-state index in [0.717, 1.165) is 6.54 Å². The summed E-state index contributed by atoms with van der Waals surface area (Å²) in [5.74, 6) is 0. The highest BCUT2D eigenvalue weighted by Gasteiger charge is 1.81. The summed E-state index contributed by atoms with van der Waals surface area (Å²) < 4.78 is 0. The fourth-order valence-corrected chi connectivity index (χ4v) is 0.609. The summed E-state index contributed by atoms with van der Waals surface area (Å²) in [6.07, 6.45) is 1.75. The van der Waals surface area contributed by atoms with Crippen LogP contribution < -0.4 is 10.2 Å². The van der Waals surface area contributed by atoms with Crippen molar-refractivity contribution in [2.75, 3.05) is 13.6 Å². The normalized spacial score (nSPS) is 11.6. The number of hydrogen-bond acceptors (Lipinski definition) is 2. The first kappa shape index (κ1) is 7.79. The lowest BCUT2D eigenvalue weighted by Gasteiger charge is -1.95. The molecule has 0 fully saturated rings. The predicted octanol–water partition coefficient (Wildman–Crippen LogP) is 0.853. The highest BCUT2D eigenvalue weighted by molar-refractivity contribution is 6.14. The monoisotopic (exact) mass is 134 g/mol. The van der Waals surface area contributed by atoms with Crippen molar-refractivity contribution in [3.63, 3.8) is 0 Å². The first-order valence-corrected chi connectivity index (χ1v) is 2.85. The van der Waals surface area contributed by atoms with Gasteiger partial charge in [-0.25, -0.2) is 0 Å². The number of likely N-dealkylation sites (N-methyl/N-ethyl adjacent to an activating group) is 1. The van der Waals surface area contributed by atoms with E-state index in [4.69, 9.17) is 11.8 Å². The lowest BCUT2D eigenvalue weighted by atomic mass is 10.3. The largest absolute Gasteiger partial charge is 0.316 e. The molecule has 0 aliphatic carbocycles. The first-order chi connectivity index (χ1) is 3.81. The summed E-state index contributed by atoms with van der Waals surface area (Å²) in [6.45, 7) is 2.87. The van der Waals surface area contributed by atoms with Crippen LogP contribution in [0.4, 0.5) is 0 Å². The fourth-order valence-electron chi connectivity index (χ4n) is 0.423. The molecule has 0 atom stereocenters. The third kappa shape index (κ3) is 3.96. The molecule has 0 aliphatic heterocycles. The Morgan fingerprint density at radius 1 is 1.75 bits per heavy atom. The van der Waals surface area contributed by atoms with Crippen LogP contribution in [0, 0.1) is 0 Å². The van der Waals surface area contributed by atoms with Gasteiger partial charge in [-0.15, -0.1) is 0 Å². The molecular weight excluding hydrogens is 124 g/mol. The van der Waals surface area contributed by atoms with E-state index in [9.17, 15) is 0 Å². The van der Waals surface area contributed by atoms with Gasteiger partial charge >= 0.3 is 0 Å². The molecule has 0 radical (unpaired) electrons. The average molecular weight is 135 g/mol. The average Bonchev–Trinajstić information content (AvgIpc) is 1.68. The van der Waals surface area contributed by atoms with Crippen molar-refractivity contribution in [1.82, 2.24) is 10.2 Å². The summed E-state index contributed by atoms with van der Waals surface area (Å²) in [5, 5.41) is 2.99. The maximum absolute atomic E-state index is 5.18. The number of halogens is 1. The Morgan fingerprint density at radius 3 is 2.75 bits per heavy atom. The second-order valence-electron chi connectivity index (χ2n) is 1.63. The lowest BCUT2D eigenvalue weighted by Crippen LogP contribution is -2.09. The molecule has 0 spiro atoms. The van der Waals surface area contributed by atoms with Gasteiger partial charge in [0.15, 0.2) is 0 Å². The first-order valence-electron chi connectivity index (χ1n) is 2.47. The van der Waals surface area contributed by atoms with Gasteiger partial charge in [0.05, 0.1) is 0 Å². The third-order valence-corrected chi connectivity index (χ3v) is 0.866. The van der Waals surface area contributed by atoms with E-state index in [2.05, 4.69) is 10.2 Å². The van der Waals surface area contributed by atoms with Gasteiger partial charge < -0.3 is 10.2 Å². The van der Waals surface area contributed by atoms with Gasteiger partial charge in [0.1, 0.15) is 0 Å². The van der Waals surface area contributed by atoms with E-state index in [1.165, 1.54) is 5.57 Å². The molecule has 0 aromatic carbocycles. The zero-order valence-corrected chi connectivity index (χ0v) is 5.92. The van der Waals surface area contributed by atoms with Crippen LogP contribution in [0.2, 0.25) is 0 Å². The fraction of sp³-hybridized carbons (Fsp3) is 0.600. The van der Waals surface area contributed by atoms with E-state index in [-0.39, 0.29) is 0 Å². The molecule has 48 valence electrons. The van der Waals surface area contributed by atoms with Crippen molar-refractivity contribution in [3.8, 4) is 0 Å². The molecule has 3 heteroatoms. The van der Waals surface area contributed by atoms with Crippen LogP contribution in [0.1, 0.15) is 6.92 Å². The number of hydrogen-bond donors (Lipinski definition) is 2. The standard InChI is InChI=1S/C5H11ClN2/c1-5(3-7-2)4-8-6/h4,7-8H,3H2,1-2H3/b5-4-. The molecule has 0 bridgehead atoms. The van der Waals surface area contributed by atoms with E-state index < -0.39 is 0 Å². The van der Waals surface area contributed by atoms with Crippen LogP contribution in [-0.4, -0.2) is 13.6 Å². The smallest absolute Gasteiger partial charge is 0.0176 e. The van der Waals surface area contributed by atoms with Crippen molar-refractivity contribution in [2.24, 2.45) is 0 Å². The third-order valence-electron chi connectivity index (χ3n) is 0.757. The Labute approximate surface area is 55.0 Å². The molecule has 2 N–H and O–H groups in total. The van der Waals surface area contributed by atoms with E-state index in [1.54, 1.807) is 6.20 Å². The van der Waals surface area contributed by atoms with Crippen LogP contribution in [0.5, 0.6) is 0 Å². The summed E-state index contributed by atoms with van der Waals surface area (Å²) >= 11 is 5.18. The van der Waals surface area contributed by atoms with Gasteiger partial charge in [-0.1, -0.05) is 0 Å². The van der Waals surface area contributed by atoms with Crippen molar-refractivity contribution in [1.29, 1.82) is 0 Å². The molecule has 0 saturated heterocycles. The minimum atomic E-state index is 0.875. The minimum absolute atomic E-state index is 0.875. The Kier molecular flexibility index (Phi) is 4.81. The molecule has 0 rings (SSSR count). The van der Waals surface area contributed by atoms with Crippen LogP contribution >= 0.6 is 11.8 Å². The highest BCUT2D eigenvalue weighted by atomic mass is 35.5. The molecule has 0 heterocycles. The Bertz CT molecular complexity index is 80.5. The zero-order valence-electron chi connectivity index (χ0n) is 5.16. The Hall–Kier alpha value is -0.210. The number of rotatable bonds is 3. The van der Waals surface area contributed by atoms with Gasteiger partial charge in [-0.3, -0.25) is 0 Å². The molecule has 8 heavy (non-hydrogen) atoms. The van der Waals surface area contributed by atoms with Crippen LogP contribution in [0.3, 0.4) is 0 Å². The molecule has 0 unspecified atom stereocenters. The molecule has 0 aliphatic rings. The molecule has 0 saturated carbocycles. The topological polar surface area (TPSA) is 24.1 Å². The summed E-state index contributed by atoms with van der Waals surface area (Å²) in [7, 11) is 1.89. The van der Waals surface area contributed by atoms with Gasteiger partial charge in [0, 0.05) is 24.5 Å². The van der Waals surface area contributed by atoms with E-state index in [0.29, 0.717) is 0 Å². The quantitative estimate of drug-likeness (QED) is 0.560. The summed E-state index contributed by atoms with van der Waals surface area (Å²) in [5.41, 5.74) is 1.18. The van der Waals surface area contributed by atoms with Crippen molar-refractivity contribution in [2.45, 2.75) is 6.92 Å². The maximum Gasteiger partial charge on any atom is 0.0176 e. The van der Waals surface area contributed by atoms with Crippen LogP contribution in [0.15, 0.2) is 11.8 Å². The van der Waals surface area contributed by atoms with Gasteiger partial charge in [0.2, 0.25) is 0 Å². The second-order valence-corrected chi connectivity index (χ2v) is 1.85. The van der Waals surface area contributed by atoms with Crippen LogP contribution in [-0.2, 0) is 0 Å². The van der Waals surface area contributed by atoms with Crippen molar-refractivity contribution >= 4 is 11.8 Å². The summed E-state index contributed by atoms with van der Waals surface area (Å²) in [4.78, 5) is 2.42.